The van der Waals surface area contributed by atoms with E-state index >= 15 is 0 Å². The van der Waals surface area contributed by atoms with Gasteiger partial charge in [-0.15, -0.1) is 0 Å². The van der Waals surface area contributed by atoms with Gasteiger partial charge in [-0.3, -0.25) is 19.1 Å². The normalized spacial score (nSPS) is 11.8. The summed E-state index contributed by atoms with van der Waals surface area (Å²) in [4.78, 5) is 66.6. The van der Waals surface area contributed by atoms with Crippen molar-refractivity contribution in [3.05, 3.63) is 326 Å². The number of benzene rings is 8. The van der Waals surface area contributed by atoms with Gasteiger partial charge >= 0.3 is 0 Å². The number of rotatable bonds is 25. The minimum atomic E-state index is -3.27. The molecule has 19 nitrogen and oxygen atoms in total. The van der Waals surface area contributed by atoms with Crippen LogP contribution < -0.4 is 25.6 Å². The summed E-state index contributed by atoms with van der Waals surface area (Å²) in [7, 11) is -3.27. The number of carbonyl (C=O) groups is 3. The molecule has 1 aliphatic heterocycles. The Morgan fingerprint density at radius 3 is 1.15 bits per heavy atom. The summed E-state index contributed by atoms with van der Waals surface area (Å²) in [6.07, 6.45) is 8.44. The molecule has 560 valence electrons. The number of fused-ring (bicyclic) bond motifs is 4. The van der Waals surface area contributed by atoms with E-state index in [4.69, 9.17) is 0 Å². The molecule has 6 aromatic heterocycles. The average molecular weight is 1490 g/mol. The molecule has 1 aliphatic rings. The SMILES string of the molecule is C.Cc1c(C)n(Cc2ccccc2)c2ncnc(NCCc3ccc(CC(=O)Cc4ccc(F)cc4F)cc3)c12.Cc1c(C)n(Cc2ccccc2)c2ncnc(NCCc3ccc(N4C(=O)c5ccccc5C4=O)cc3)c12.Cc1c(C)n(Cc2ccccc2)c2ncnc(NCCc3ccc(NS(C)(=O)=O)cc3)c12. The van der Waals surface area contributed by atoms with Crippen LogP contribution in [0.5, 0.6) is 0 Å². The van der Waals surface area contributed by atoms with Crippen molar-refractivity contribution in [3.63, 3.8) is 0 Å². The molecular formula is C88H88F2N14O5S. The van der Waals surface area contributed by atoms with Crippen LogP contribution in [0.4, 0.5) is 37.6 Å². The van der Waals surface area contributed by atoms with E-state index in [2.05, 4.69) is 166 Å². The van der Waals surface area contributed by atoms with Crippen LogP contribution in [0, 0.1) is 53.2 Å². The zero-order chi connectivity index (χ0) is 76.3. The predicted octanol–water partition coefficient (Wildman–Crippen LogP) is 16.7. The van der Waals surface area contributed by atoms with Gasteiger partial charge in [0.05, 0.1) is 39.2 Å². The Morgan fingerprint density at radius 1 is 0.418 bits per heavy atom. The number of hydrogen-bond donors (Lipinski definition) is 4. The number of sulfonamides is 1. The van der Waals surface area contributed by atoms with E-state index in [1.165, 1.54) is 67.5 Å². The van der Waals surface area contributed by atoms with Crippen LogP contribution >= 0.6 is 0 Å². The number of carbonyl (C=O) groups excluding carboxylic acids is 3. The van der Waals surface area contributed by atoms with Crippen LogP contribution in [0.3, 0.4) is 0 Å². The molecule has 0 fully saturated rings. The van der Waals surface area contributed by atoms with Crippen LogP contribution in [-0.2, 0) is 66.6 Å². The molecule has 110 heavy (non-hydrogen) atoms. The number of halogens is 2. The van der Waals surface area contributed by atoms with Crippen molar-refractivity contribution >= 4 is 89.5 Å². The minimum Gasteiger partial charge on any atom is -0.369 e. The molecule has 0 atom stereocenters. The van der Waals surface area contributed by atoms with Crippen molar-refractivity contribution in [1.82, 2.24) is 43.6 Å². The highest BCUT2D eigenvalue weighted by molar-refractivity contribution is 7.92. The van der Waals surface area contributed by atoms with Crippen molar-refractivity contribution in [2.45, 2.75) is 101 Å². The van der Waals surface area contributed by atoms with Gasteiger partial charge in [0, 0.05) is 80.9 Å². The molecule has 15 rings (SSSR count). The summed E-state index contributed by atoms with van der Waals surface area (Å²) in [5.74, 6) is 0.461. The van der Waals surface area contributed by atoms with Gasteiger partial charge in [-0.2, -0.15) is 0 Å². The maximum Gasteiger partial charge on any atom is 0.266 e. The molecule has 0 radical (unpaired) electrons. The third-order valence-corrected chi connectivity index (χ3v) is 20.6. The molecule has 0 bridgehead atoms. The maximum absolute atomic E-state index is 13.9. The second kappa shape index (κ2) is 34.6. The van der Waals surface area contributed by atoms with E-state index in [1.807, 2.05) is 91.0 Å². The highest BCUT2D eigenvalue weighted by atomic mass is 32.2. The first-order valence-corrected chi connectivity index (χ1v) is 38.0. The predicted molar refractivity (Wildman–Crippen MR) is 435 cm³/mol. The lowest BCUT2D eigenvalue weighted by molar-refractivity contribution is -0.117. The molecule has 0 saturated carbocycles. The third-order valence-electron chi connectivity index (χ3n) is 20.0. The molecule has 0 spiro atoms. The lowest BCUT2D eigenvalue weighted by atomic mass is 10.0. The number of nitrogens with one attached hydrogen (secondary N) is 4. The molecule has 14 aromatic rings. The van der Waals surface area contributed by atoms with Crippen molar-refractivity contribution in [3.8, 4) is 0 Å². The largest absolute Gasteiger partial charge is 0.369 e. The summed E-state index contributed by atoms with van der Waals surface area (Å²) >= 11 is 0. The summed E-state index contributed by atoms with van der Waals surface area (Å²) in [6.45, 7) is 17.0. The van der Waals surface area contributed by atoms with Crippen molar-refractivity contribution in [1.29, 1.82) is 0 Å². The van der Waals surface area contributed by atoms with E-state index in [9.17, 15) is 31.6 Å². The lowest BCUT2D eigenvalue weighted by Gasteiger charge is -2.14. The molecule has 4 N–H and O–H groups in total. The third kappa shape index (κ3) is 17.8. The standard InChI is InChI=1S/C32H30F2N4O.C31H27N5O2.C24H27N5O2S.CH4/c1-21-22(2)38(19-25-6-4-3-5-7-25)32-30(21)31(36-20-37-32)35-15-14-23-8-10-24(11-9-23)16-28(39)17-26-12-13-27(33)18-29(26)34;1-20-21(2)35(18-23-8-4-3-5-9-23)29-27(20)28(33-19-34-29)32-17-16-22-12-14-24(15-13-22)36-30(37)25-10-6-7-11-26(25)31(36)38;1-17-18(2)29(15-20-7-5-4-6-8-20)24-22(17)23(26-16-27-24)25-14-13-19-9-11-21(12-10-19)28-32(3,30)31;/h3-13,18,20H,14-17,19H2,1-2H3,(H,35,36,37);3-15,19H,16-18H2,1-2H3,(H,32,33,34);4-12,16,28H,13-15H2,1-3H3,(H,25,26,27);1H4. The number of anilines is 5. The van der Waals surface area contributed by atoms with Crippen LogP contribution in [0.25, 0.3) is 33.1 Å². The van der Waals surface area contributed by atoms with E-state index in [-0.39, 0.29) is 43.4 Å². The number of hydrogen-bond acceptors (Lipinski definition) is 14. The van der Waals surface area contributed by atoms with E-state index < -0.39 is 21.7 Å². The summed E-state index contributed by atoms with van der Waals surface area (Å²) in [6, 6.07) is 64.2. The molecule has 22 heteroatoms. The Bertz CT molecular complexity index is 5700. The fraction of sp³-hybridized carbons (Fsp3) is 0.216. The number of aryl methyl sites for hydroxylation is 3. The first kappa shape index (κ1) is 77.1. The van der Waals surface area contributed by atoms with Crippen molar-refractivity contribution < 1.29 is 31.6 Å². The minimum absolute atomic E-state index is 0. The quantitative estimate of drug-likeness (QED) is 0.0390. The highest BCUT2D eigenvalue weighted by Gasteiger charge is 2.36. The fourth-order valence-corrected chi connectivity index (χ4v) is 14.4. The van der Waals surface area contributed by atoms with Gasteiger partial charge in [0.1, 0.15) is 70.8 Å². The number of imide groups is 1. The van der Waals surface area contributed by atoms with Gasteiger partial charge in [0.15, 0.2) is 0 Å². The molecule has 0 saturated heterocycles. The Kier molecular flexibility index (Phi) is 24.2. The van der Waals surface area contributed by atoms with Crippen molar-refractivity contribution in [2.24, 2.45) is 0 Å². The van der Waals surface area contributed by atoms with Crippen LogP contribution in [0.15, 0.2) is 225 Å². The average Bonchev–Trinajstić information content (AvgIpc) is 1.64. The molecular weight excluding hydrogens is 1400 g/mol. The van der Waals surface area contributed by atoms with E-state index in [0.717, 1.165) is 124 Å². The van der Waals surface area contributed by atoms with Crippen LogP contribution in [-0.4, -0.2) is 95.5 Å². The Morgan fingerprint density at radius 2 is 0.773 bits per heavy atom. The first-order valence-electron chi connectivity index (χ1n) is 36.1. The van der Waals surface area contributed by atoms with Gasteiger partial charge in [-0.05, 0) is 164 Å². The number of nitrogens with zero attached hydrogens (tertiary/aromatic N) is 10. The molecule has 8 aromatic carbocycles. The maximum atomic E-state index is 13.9. The second-order valence-corrected chi connectivity index (χ2v) is 29.1. The monoisotopic (exact) mass is 1490 g/mol. The fourth-order valence-electron chi connectivity index (χ4n) is 13.8. The topological polar surface area (TPSA) is 229 Å². The van der Waals surface area contributed by atoms with Gasteiger partial charge in [-0.1, -0.05) is 165 Å². The number of amides is 2. The Hall–Kier alpha value is -12.6. The van der Waals surface area contributed by atoms with Crippen molar-refractivity contribution in [2.75, 3.05) is 51.5 Å². The number of aromatic nitrogens is 9. The van der Waals surface area contributed by atoms with Crippen LogP contribution in [0.1, 0.15) is 106 Å². The summed E-state index contributed by atoms with van der Waals surface area (Å²) < 4.78 is 58.8. The second-order valence-electron chi connectivity index (χ2n) is 27.3. The van der Waals surface area contributed by atoms with Gasteiger partial charge in [0.2, 0.25) is 10.0 Å². The highest BCUT2D eigenvalue weighted by Crippen LogP contribution is 2.34. The first-order chi connectivity index (χ1) is 52.7. The molecule has 2 amide bonds. The number of Topliss-reactive ketones (excluding diaryl/α,β-unsaturated/α-hetero) is 1. The Labute approximate surface area is 639 Å². The van der Waals surface area contributed by atoms with Gasteiger partial charge in [-0.25, -0.2) is 52.0 Å². The smallest absolute Gasteiger partial charge is 0.266 e. The Balaban J connectivity index is 0.000000154. The lowest BCUT2D eigenvalue weighted by Crippen LogP contribution is -2.29. The summed E-state index contributed by atoms with van der Waals surface area (Å²) in [5.41, 5.74) is 19.9. The van der Waals surface area contributed by atoms with E-state index in [0.29, 0.717) is 42.1 Å². The van der Waals surface area contributed by atoms with Gasteiger partial charge in [0.25, 0.3) is 11.8 Å². The van der Waals surface area contributed by atoms with E-state index in [1.54, 1.807) is 55.4 Å². The van der Waals surface area contributed by atoms with Gasteiger partial charge < -0.3 is 29.7 Å². The molecule has 0 aliphatic carbocycles. The zero-order valence-corrected chi connectivity index (χ0v) is 62.6. The molecule has 7 heterocycles. The summed E-state index contributed by atoms with van der Waals surface area (Å²) in [5, 5.41) is 13.6. The molecule has 0 unspecified atom stereocenters. The van der Waals surface area contributed by atoms with Crippen LogP contribution in [0.2, 0.25) is 0 Å². The number of ketones is 1. The zero-order valence-electron chi connectivity index (χ0n) is 61.8.